The number of hydrogen-bond donors (Lipinski definition) is 1. The van der Waals surface area contributed by atoms with Gasteiger partial charge in [-0.05, 0) is 42.5 Å². The monoisotopic (exact) mass is 498 g/mol. The number of guanidine groups is 1. The van der Waals surface area contributed by atoms with Crippen LogP contribution in [-0.4, -0.2) is 56.3 Å². The van der Waals surface area contributed by atoms with Crippen molar-refractivity contribution in [2.75, 3.05) is 32.7 Å². The lowest BCUT2D eigenvalue weighted by atomic mass is 10.00. The maximum atomic E-state index is 12.5. The largest absolute Gasteiger partial charge is 0.370 e. The summed E-state index contributed by atoms with van der Waals surface area (Å²) in [6.07, 6.45) is 3.16. The zero-order chi connectivity index (χ0) is 17.2. The van der Waals surface area contributed by atoms with Crippen LogP contribution in [0, 0.1) is 11.8 Å². The molecule has 0 radical (unpaired) electrons. The Bertz CT molecular complexity index is 670. The summed E-state index contributed by atoms with van der Waals surface area (Å²) in [5.41, 5.74) is 6.12. The average Bonchev–Trinajstić information content (AvgIpc) is 3.25. The molecule has 0 amide bonds. The van der Waals surface area contributed by atoms with Gasteiger partial charge < -0.3 is 10.6 Å². The fourth-order valence-electron chi connectivity index (χ4n) is 3.26. The van der Waals surface area contributed by atoms with E-state index in [-0.39, 0.29) is 29.9 Å². The summed E-state index contributed by atoms with van der Waals surface area (Å²) in [6.45, 7) is 5.93. The van der Waals surface area contributed by atoms with Crippen LogP contribution >= 0.6 is 35.3 Å². The first-order valence-corrected chi connectivity index (χ1v) is 10.9. The zero-order valence-corrected chi connectivity index (χ0v) is 18.5. The molecule has 3 rings (SSSR count). The lowest BCUT2D eigenvalue weighted by Crippen LogP contribution is -2.42. The predicted octanol–water partition coefficient (Wildman–Crippen LogP) is 2.42. The highest BCUT2D eigenvalue weighted by atomic mass is 127. The molecule has 2 fully saturated rings. The summed E-state index contributed by atoms with van der Waals surface area (Å²) < 4.78 is 27.1. The number of aliphatic imine (C=N–C) groups is 1. The van der Waals surface area contributed by atoms with Gasteiger partial charge >= 0.3 is 0 Å². The van der Waals surface area contributed by atoms with E-state index in [4.69, 9.17) is 5.73 Å². The zero-order valence-electron chi connectivity index (χ0n) is 14.5. The highest BCUT2D eigenvalue weighted by Crippen LogP contribution is 2.27. The first kappa shape index (κ1) is 20.9. The van der Waals surface area contributed by atoms with Crippen LogP contribution in [0.2, 0.25) is 0 Å². The maximum Gasteiger partial charge on any atom is 0.252 e. The molecule has 3 heterocycles. The van der Waals surface area contributed by atoms with Crippen molar-refractivity contribution in [2.45, 2.75) is 30.4 Å². The molecule has 0 bridgehead atoms. The van der Waals surface area contributed by atoms with E-state index in [1.54, 1.807) is 21.8 Å². The molecule has 0 aromatic carbocycles. The number of nitrogens with two attached hydrogens (primary N) is 1. The van der Waals surface area contributed by atoms with Gasteiger partial charge in [-0.25, -0.2) is 8.42 Å². The third-order valence-electron chi connectivity index (χ3n) is 4.96. The second-order valence-electron chi connectivity index (χ2n) is 6.82. The second-order valence-corrected chi connectivity index (χ2v) is 9.93. The van der Waals surface area contributed by atoms with Gasteiger partial charge in [-0.1, -0.05) is 13.0 Å². The second kappa shape index (κ2) is 9.01. The van der Waals surface area contributed by atoms with Gasteiger partial charge in [0.25, 0.3) is 10.0 Å². The molecule has 1 aromatic rings. The van der Waals surface area contributed by atoms with Crippen molar-refractivity contribution < 1.29 is 8.42 Å². The molecule has 0 spiro atoms. The van der Waals surface area contributed by atoms with Crippen LogP contribution in [0.15, 0.2) is 26.7 Å². The third-order valence-corrected chi connectivity index (χ3v) is 8.20. The molecule has 142 valence electrons. The van der Waals surface area contributed by atoms with Crippen LogP contribution < -0.4 is 5.73 Å². The van der Waals surface area contributed by atoms with E-state index in [1.807, 2.05) is 0 Å². The van der Waals surface area contributed by atoms with Gasteiger partial charge in [-0.2, -0.15) is 4.31 Å². The Kier molecular flexibility index (Phi) is 7.53. The van der Waals surface area contributed by atoms with E-state index >= 15 is 0 Å². The summed E-state index contributed by atoms with van der Waals surface area (Å²) in [7, 11) is -3.33. The van der Waals surface area contributed by atoms with Crippen LogP contribution in [0.4, 0.5) is 0 Å². The number of piperidine rings is 1. The SMILES string of the molecule is CC1CCN(C(N)=NCC2CCN(S(=O)(=O)c3cccs3)C2)CC1.I. The minimum Gasteiger partial charge on any atom is -0.370 e. The molecule has 2 aliphatic rings. The van der Waals surface area contributed by atoms with Gasteiger partial charge in [0.1, 0.15) is 4.21 Å². The lowest BCUT2D eigenvalue weighted by molar-refractivity contribution is 0.277. The van der Waals surface area contributed by atoms with Crippen LogP contribution in [0.25, 0.3) is 0 Å². The number of nitrogens with zero attached hydrogens (tertiary/aromatic N) is 3. The summed E-state index contributed by atoms with van der Waals surface area (Å²) >= 11 is 1.27. The predicted molar refractivity (Wildman–Crippen MR) is 113 cm³/mol. The summed E-state index contributed by atoms with van der Waals surface area (Å²) in [6, 6.07) is 3.44. The highest BCUT2D eigenvalue weighted by Gasteiger charge is 2.33. The Morgan fingerprint density at radius 2 is 2.04 bits per heavy atom. The fourth-order valence-corrected chi connectivity index (χ4v) is 5.94. The van der Waals surface area contributed by atoms with Crippen molar-refractivity contribution in [3.05, 3.63) is 17.5 Å². The van der Waals surface area contributed by atoms with Gasteiger partial charge in [0.2, 0.25) is 0 Å². The van der Waals surface area contributed by atoms with E-state index < -0.39 is 10.0 Å². The van der Waals surface area contributed by atoms with Crippen molar-refractivity contribution in [2.24, 2.45) is 22.6 Å². The van der Waals surface area contributed by atoms with E-state index in [1.165, 1.54) is 11.3 Å². The Balaban J connectivity index is 0.00000225. The van der Waals surface area contributed by atoms with Crippen molar-refractivity contribution in [1.29, 1.82) is 0 Å². The smallest absolute Gasteiger partial charge is 0.252 e. The topological polar surface area (TPSA) is 79.0 Å². The average molecular weight is 498 g/mol. The van der Waals surface area contributed by atoms with E-state index in [0.29, 0.717) is 29.8 Å². The highest BCUT2D eigenvalue weighted by molar-refractivity contribution is 14.0. The van der Waals surface area contributed by atoms with Gasteiger partial charge in [0, 0.05) is 32.7 Å². The molecule has 6 nitrogen and oxygen atoms in total. The molecule has 2 N–H and O–H groups in total. The number of halogens is 1. The van der Waals surface area contributed by atoms with E-state index in [0.717, 1.165) is 38.3 Å². The minimum atomic E-state index is -3.33. The Morgan fingerprint density at radius 1 is 1.32 bits per heavy atom. The molecular weight excluding hydrogens is 471 g/mol. The molecule has 0 aliphatic carbocycles. The Morgan fingerprint density at radius 3 is 2.68 bits per heavy atom. The molecule has 2 aliphatic heterocycles. The lowest BCUT2D eigenvalue weighted by Gasteiger charge is -2.31. The van der Waals surface area contributed by atoms with Gasteiger partial charge in [-0.15, -0.1) is 35.3 Å². The maximum absolute atomic E-state index is 12.5. The number of hydrogen-bond acceptors (Lipinski definition) is 4. The Hall–Kier alpha value is -0.390. The Labute approximate surface area is 171 Å². The van der Waals surface area contributed by atoms with Gasteiger partial charge in [-0.3, -0.25) is 4.99 Å². The van der Waals surface area contributed by atoms with Crippen molar-refractivity contribution in [1.82, 2.24) is 9.21 Å². The summed E-state index contributed by atoms with van der Waals surface area (Å²) in [4.78, 5) is 6.68. The van der Waals surface area contributed by atoms with Gasteiger partial charge in [0.15, 0.2) is 5.96 Å². The minimum absolute atomic E-state index is 0. The quantitative estimate of drug-likeness (QED) is 0.393. The molecule has 1 atom stereocenters. The molecule has 0 saturated carbocycles. The fraction of sp³-hybridized carbons (Fsp3) is 0.688. The van der Waals surface area contributed by atoms with Crippen molar-refractivity contribution >= 4 is 51.3 Å². The third kappa shape index (κ3) is 5.08. The van der Waals surface area contributed by atoms with Crippen LogP contribution in [0.5, 0.6) is 0 Å². The number of rotatable bonds is 4. The van der Waals surface area contributed by atoms with Gasteiger partial charge in [0.05, 0.1) is 0 Å². The van der Waals surface area contributed by atoms with Crippen LogP contribution in [0.3, 0.4) is 0 Å². The number of sulfonamides is 1. The first-order valence-electron chi connectivity index (χ1n) is 8.55. The summed E-state index contributed by atoms with van der Waals surface area (Å²) in [5, 5.41) is 1.80. The number of thiophene rings is 1. The van der Waals surface area contributed by atoms with Crippen molar-refractivity contribution in [3.63, 3.8) is 0 Å². The summed E-state index contributed by atoms with van der Waals surface area (Å²) in [5.74, 6) is 1.63. The van der Waals surface area contributed by atoms with Crippen molar-refractivity contribution in [3.8, 4) is 0 Å². The molecule has 2 saturated heterocycles. The number of likely N-dealkylation sites (tertiary alicyclic amines) is 1. The van der Waals surface area contributed by atoms with E-state index in [9.17, 15) is 8.42 Å². The molecule has 1 unspecified atom stereocenters. The normalized spacial score (nSPS) is 23.6. The molecule has 25 heavy (non-hydrogen) atoms. The van der Waals surface area contributed by atoms with E-state index in [2.05, 4.69) is 16.8 Å². The molecule has 9 heteroatoms. The molecular formula is C16H27IN4O2S2. The molecule has 1 aromatic heterocycles. The van der Waals surface area contributed by atoms with Crippen LogP contribution in [-0.2, 0) is 10.0 Å². The standard InChI is InChI=1S/C16H26N4O2S2.HI/c1-13-4-7-19(8-5-13)16(17)18-11-14-6-9-20(12-14)24(21,22)15-3-2-10-23-15;/h2-3,10,13-14H,4-9,11-12H2,1H3,(H2,17,18);1H. The van der Waals surface area contributed by atoms with Crippen LogP contribution in [0.1, 0.15) is 26.2 Å². The first-order chi connectivity index (χ1) is 11.5.